The molecular weight excluding hydrogens is 401 g/mol. The van der Waals surface area contributed by atoms with E-state index in [1.165, 1.54) is 48.6 Å². The molecule has 31 heavy (non-hydrogen) atoms. The summed E-state index contributed by atoms with van der Waals surface area (Å²) in [6.07, 6.45) is 4.36. The Bertz CT molecular complexity index is 967. The first-order valence-electron chi connectivity index (χ1n) is 10.1. The number of piperidine rings is 1. The number of rotatable bonds is 8. The summed E-state index contributed by atoms with van der Waals surface area (Å²) < 4.78 is 13.0. The molecule has 0 atom stereocenters. The van der Waals surface area contributed by atoms with Crippen molar-refractivity contribution in [3.63, 3.8) is 0 Å². The Morgan fingerprint density at radius 3 is 2.55 bits per heavy atom. The Balaban J connectivity index is 1.38. The summed E-state index contributed by atoms with van der Waals surface area (Å²) in [6, 6.07) is 11.7. The minimum Gasteiger partial charge on any atom is -0.351 e. The minimum absolute atomic E-state index is 0.0242. The van der Waals surface area contributed by atoms with Gasteiger partial charge in [0, 0.05) is 42.8 Å². The number of hydrogen-bond acceptors (Lipinski definition) is 5. The highest BCUT2D eigenvalue weighted by Gasteiger charge is 2.25. The van der Waals surface area contributed by atoms with Crippen molar-refractivity contribution in [1.29, 1.82) is 0 Å². The van der Waals surface area contributed by atoms with Gasteiger partial charge in [0.15, 0.2) is 5.78 Å². The fourth-order valence-electron chi connectivity index (χ4n) is 3.58. The summed E-state index contributed by atoms with van der Waals surface area (Å²) in [7, 11) is 0. The van der Waals surface area contributed by atoms with Gasteiger partial charge in [0.05, 0.1) is 4.92 Å². The maximum Gasteiger partial charge on any atom is 0.270 e. The average molecular weight is 425 g/mol. The van der Waals surface area contributed by atoms with Gasteiger partial charge in [0.1, 0.15) is 5.82 Å². The molecule has 2 aromatic carbocycles. The lowest BCUT2D eigenvalue weighted by Gasteiger charge is -2.31. The number of nitro benzene ring substituents is 1. The van der Waals surface area contributed by atoms with Crippen LogP contribution in [0.15, 0.2) is 54.6 Å². The van der Waals surface area contributed by atoms with Gasteiger partial charge in [-0.3, -0.25) is 19.7 Å². The van der Waals surface area contributed by atoms with Crippen molar-refractivity contribution in [3.8, 4) is 0 Å². The summed E-state index contributed by atoms with van der Waals surface area (Å²) in [5.41, 5.74) is 1.10. The number of nitrogens with zero attached hydrogens (tertiary/aromatic N) is 2. The van der Waals surface area contributed by atoms with Gasteiger partial charge >= 0.3 is 0 Å². The second-order valence-electron chi connectivity index (χ2n) is 7.46. The summed E-state index contributed by atoms with van der Waals surface area (Å²) in [5.74, 6) is -0.630. The van der Waals surface area contributed by atoms with Gasteiger partial charge in [-0.25, -0.2) is 4.39 Å². The van der Waals surface area contributed by atoms with E-state index in [1.54, 1.807) is 12.1 Å². The number of carbonyl (C=O) groups is 2. The lowest BCUT2D eigenvalue weighted by atomic mass is 9.89. The third kappa shape index (κ3) is 6.55. The van der Waals surface area contributed by atoms with E-state index in [9.17, 15) is 24.1 Å². The largest absolute Gasteiger partial charge is 0.351 e. The number of benzene rings is 2. The van der Waals surface area contributed by atoms with Crippen LogP contribution in [0, 0.1) is 21.8 Å². The van der Waals surface area contributed by atoms with Gasteiger partial charge in [-0.1, -0.05) is 12.1 Å². The summed E-state index contributed by atoms with van der Waals surface area (Å²) >= 11 is 0. The first-order chi connectivity index (χ1) is 14.9. The summed E-state index contributed by atoms with van der Waals surface area (Å²) in [4.78, 5) is 37.0. The first-order valence-corrected chi connectivity index (χ1v) is 10.1. The molecule has 0 spiro atoms. The lowest BCUT2D eigenvalue weighted by Crippen LogP contribution is -2.40. The van der Waals surface area contributed by atoms with Crippen LogP contribution in [-0.2, 0) is 4.79 Å². The predicted octanol–water partition coefficient (Wildman–Crippen LogP) is 3.46. The third-order valence-corrected chi connectivity index (χ3v) is 5.32. The second-order valence-corrected chi connectivity index (χ2v) is 7.46. The Kier molecular flexibility index (Phi) is 7.61. The molecule has 0 unspecified atom stereocenters. The number of nitro groups is 1. The van der Waals surface area contributed by atoms with Crippen molar-refractivity contribution in [3.05, 3.63) is 81.7 Å². The molecule has 2 aromatic rings. The predicted molar refractivity (Wildman–Crippen MR) is 115 cm³/mol. The van der Waals surface area contributed by atoms with E-state index < -0.39 is 4.92 Å². The molecule has 1 aliphatic rings. The van der Waals surface area contributed by atoms with Crippen LogP contribution in [0.5, 0.6) is 0 Å². The van der Waals surface area contributed by atoms with E-state index in [-0.39, 0.29) is 29.1 Å². The van der Waals surface area contributed by atoms with Crippen LogP contribution in [0.3, 0.4) is 0 Å². The number of Topliss-reactive ketones (excluding diaryl/α,β-unsaturated/α-hetero) is 1. The van der Waals surface area contributed by atoms with Crippen LogP contribution in [-0.4, -0.2) is 47.7 Å². The molecule has 8 heteroatoms. The highest BCUT2D eigenvalue weighted by molar-refractivity contribution is 5.97. The molecule has 7 nitrogen and oxygen atoms in total. The van der Waals surface area contributed by atoms with Crippen molar-refractivity contribution < 1.29 is 18.9 Å². The quantitative estimate of drug-likeness (QED) is 0.303. The topological polar surface area (TPSA) is 92.5 Å². The zero-order chi connectivity index (χ0) is 22.2. The monoisotopic (exact) mass is 425 g/mol. The lowest BCUT2D eigenvalue weighted by molar-refractivity contribution is -0.384. The molecule has 0 saturated carbocycles. The number of nitrogens with one attached hydrogen (secondary N) is 1. The van der Waals surface area contributed by atoms with Crippen LogP contribution in [0.1, 0.15) is 28.8 Å². The van der Waals surface area contributed by atoms with Crippen LogP contribution in [0.2, 0.25) is 0 Å². The molecule has 1 heterocycles. The SMILES string of the molecule is O=C(/C=C/c1cccc([N+](=O)[O-])c1)NCCN1CCC(C(=O)c2ccc(F)cc2)CC1. The Morgan fingerprint density at radius 2 is 1.87 bits per heavy atom. The maximum atomic E-state index is 13.0. The van der Waals surface area contributed by atoms with Crippen LogP contribution in [0.4, 0.5) is 10.1 Å². The molecule has 0 aromatic heterocycles. The number of hydrogen-bond donors (Lipinski definition) is 1. The van der Waals surface area contributed by atoms with Gasteiger partial charge in [-0.15, -0.1) is 0 Å². The van der Waals surface area contributed by atoms with Gasteiger partial charge < -0.3 is 10.2 Å². The number of amides is 1. The molecule has 0 bridgehead atoms. The van der Waals surface area contributed by atoms with E-state index >= 15 is 0 Å². The van der Waals surface area contributed by atoms with E-state index in [0.717, 1.165) is 25.9 Å². The number of ketones is 1. The Morgan fingerprint density at radius 1 is 1.16 bits per heavy atom. The number of likely N-dealkylation sites (tertiary alicyclic amines) is 1. The Labute approximate surface area is 179 Å². The maximum absolute atomic E-state index is 13.0. The smallest absolute Gasteiger partial charge is 0.270 e. The minimum atomic E-state index is -0.478. The van der Waals surface area contributed by atoms with Crippen LogP contribution in [0.25, 0.3) is 6.08 Å². The zero-order valence-corrected chi connectivity index (χ0v) is 17.0. The zero-order valence-electron chi connectivity index (χ0n) is 17.0. The van der Waals surface area contributed by atoms with E-state index in [1.807, 2.05) is 0 Å². The summed E-state index contributed by atoms with van der Waals surface area (Å²) in [5, 5.41) is 13.6. The van der Waals surface area contributed by atoms with Gasteiger partial charge in [-0.05, 0) is 61.8 Å². The van der Waals surface area contributed by atoms with Crippen molar-refractivity contribution in [1.82, 2.24) is 10.2 Å². The van der Waals surface area contributed by atoms with Gasteiger partial charge in [0.25, 0.3) is 5.69 Å². The molecule has 0 aliphatic carbocycles. The highest BCUT2D eigenvalue weighted by Crippen LogP contribution is 2.22. The van der Waals surface area contributed by atoms with Crippen molar-refractivity contribution in [2.45, 2.75) is 12.8 Å². The fourth-order valence-corrected chi connectivity index (χ4v) is 3.58. The molecule has 3 rings (SSSR count). The number of non-ortho nitro benzene ring substituents is 1. The van der Waals surface area contributed by atoms with E-state index in [0.29, 0.717) is 24.2 Å². The molecule has 0 radical (unpaired) electrons. The molecule has 162 valence electrons. The molecular formula is C23H24FN3O4. The van der Waals surface area contributed by atoms with E-state index in [2.05, 4.69) is 10.2 Å². The standard InChI is InChI=1S/C23H24FN3O4/c24-20-7-5-18(6-8-20)23(29)19-10-13-26(14-11-19)15-12-25-22(28)9-4-17-2-1-3-21(16-17)27(30)31/h1-9,16,19H,10-15H2,(H,25,28)/b9-4+. The van der Waals surface area contributed by atoms with E-state index in [4.69, 9.17) is 0 Å². The van der Waals surface area contributed by atoms with Crippen LogP contribution < -0.4 is 5.32 Å². The fraction of sp³-hybridized carbons (Fsp3) is 0.304. The van der Waals surface area contributed by atoms with Gasteiger partial charge in [0.2, 0.25) is 5.91 Å². The van der Waals surface area contributed by atoms with Crippen molar-refractivity contribution in [2.24, 2.45) is 5.92 Å². The molecule has 1 amide bonds. The Hall–Kier alpha value is -3.39. The van der Waals surface area contributed by atoms with Crippen molar-refractivity contribution in [2.75, 3.05) is 26.2 Å². The third-order valence-electron chi connectivity index (χ3n) is 5.32. The van der Waals surface area contributed by atoms with Crippen molar-refractivity contribution >= 4 is 23.5 Å². The summed E-state index contributed by atoms with van der Waals surface area (Å²) in [6.45, 7) is 2.66. The highest BCUT2D eigenvalue weighted by atomic mass is 19.1. The number of halogens is 1. The molecule has 1 aliphatic heterocycles. The second kappa shape index (κ2) is 10.6. The van der Waals surface area contributed by atoms with Crippen LogP contribution >= 0.6 is 0 Å². The average Bonchev–Trinajstić information content (AvgIpc) is 2.78. The molecule has 1 N–H and O–H groups in total. The number of carbonyl (C=O) groups excluding carboxylic acids is 2. The van der Waals surface area contributed by atoms with Gasteiger partial charge in [-0.2, -0.15) is 0 Å². The first kappa shape index (κ1) is 22.3. The molecule has 1 fully saturated rings. The molecule has 1 saturated heterocycles. The normalized spacial score (nSPS) is 15.1.